The van der Waals surface area contributed by atoms with Crippen LogP contribution in [0.5, 0.6) is 0 Å². The average molecular weight is 445 g/mol. The first-order chi connectivity index (χ1) is 14.8. The van der Waals surface area contributed by atoms with Crippen LogP contribution >= 0.6 is 0 Å². The van der Waals surface area contributed by atoms with Gasteiger partial charge in [-0.25, -0.2) is 13.2 Å². The molecule has 1 heterocycles. The molecule has 1 N–H and O–H groups in total. The molecule has 1 aliphatic rings. The molecule has 2 aromatic carbocycles. The lowest BCUT2D eigenvalue weighted by atomic mass is 10.1. The van der Waals surface area contributed by atoms with Crippen molar-refractivity contribution in [2.75, 3.05) is 22.0 Å². The van der Waals surface area contributed by atoms with Gasteiger partial charge in [-0.3, -0.25) is 9.10 Å². The van der Waals surface area contributed by atoms with Gasteiger partial charge in [0.1, 0.15) is 0 Å². The van der Waals surface area contributed by atoms with Crippen molar-refractivity contribution in [1.29, 1.82) is 0 Å². The highest BCUT2D eigenvalue weighted by molar-refractivity contribution is 7.92. The maximum Gasteiger partial charge on any atom is 0.338 e. The van der Waals surface area contributed by atoms with Crippen LogP contribution in [0.3, 0.4) is 0 Å². The lowest BCUT2D eigenvalue weighted by Crippen LogP contribution is -2.36. The molecule has 0 bridgehead atoms. The number of carbonyl (C=O) groups is 2. The topological polar surface area (TPSA) is 92.8 Å². The summed E-state index contributed by atoms with van der Waals surface area (Å²) in [7, 11) is -3.37. The third kappa shape index (κ3) is 5.07. The van der Waals surface area contributed by atoms with Crippen molar-refractivity contribution >= 4 is 33.3 Å². The minimum absolute atomic E-state index is 0.0289. The second-order valence-electron chi connectivity index (χ2n) is 7.61. The Morgan fingerprint density at radius 2 is 1.77 bits per heavy atom. The summed E-state index contributed by atoms with van der Waals surface area (Å²) in [5.41, 5.74) is 2.90. The monoisotopic (exact) mass is 444 g/mol. The molecule has 8 heteroatoms. The summed E-state index contributed by atoms with van der Waals surface area (Å²) in [6.45, 7) is 5.90. The lowest BCUT2D eigenvalue weighted by molar-refractivity contribution is 0.0499. The predicted molar refractivity (Wildman–Crippen MR) is 121 cm³/mol. The van der Waals surface area contributed by atoms with Gasteiger partial charge in [-0.05, 0) is 74.7 Å². The van der Waals surface area contributed by atoms with Crippen molar-refractivity contribution in [1.82, 2.24) is 0 Å². The number of anilines is 2. The van der Waals surface area contributed by atoms with Gasteiger partial charge in [0, 0.05) is 17.3 Å². The number of fused-ring (bicyclic) bond motifs is 1. The highest BCUT2D eigenvalue weighted by Crippen LogP contribution is 2.35. The molecule has 0 radical (unpaired) electrons. The highest BCUT2D eigenvalue weighted by Gasteiger charge is 2.34. The van der Waals surface area contributed by atoms with Crippen molar-refractivity contribution in [3.8, 4) is 0 Å². The van der Waals surface area contributed by atoms with Gasteiger partial charge in [-0.1, -0.05) is 13.3 Å². The summed E-state index contributed by atoms with van der Waals surface area (Å²) in [6, 6.07) is 11.4. The van der Waals surface area contributed by atoms with E-state index in [0.29, 0.717) is 35.5 Å². The van der Waals surface area contributed by atoms with Crippen molar-refractivity contribution in [2.45, 2.75) is 46.1 Å². The molecule has 3 rings (SSSR count). The van der Waals surface area contributed by atoms with E-state index in [1.807, 2.05) is 13.8 Å². The first-order valence-corrected chi connectivity index (χ1v) is 12.1. The van der Waals surface area contributed by atoms with Crippen molar-refractivity contribution < 1.29 is 22.7 Å². The molecule has 1 atom stereocenters. The van der Waals surface area contributed by atoms with Crippen LogP contribution < -0.4 is 9.62 Å². The Labute approximate surface area is 183 Å². The minimum Gasteiger partial charge on any atom is -0.462 e. The summed E-state index contributed by atoms with van der Waals surface area (Å²) in [5, 5.41) is 2.81. The Hall–Kier alpha value is -2.87. The molecular formula is C23H28N2O5S. The zero-order chi connectivity index (χ0) is 22.6. The number of rotatable bonds is 8. The van der Waals surface area contributed by atoms with Crippen LogP contribution in [0.4, 0.5) is 11.4 Å². The van der Waals surface area contributed by atoms with E-state index in [9.17, 15) is 18.0 Å². The van der Waals surface area contributed by atoms with Crippen molar-refractivity contribution in [3.05, 3.63) is 59.2 Å². The maximum absolute atomic E-state index is 12.7. The molecule has 31 heavy (non-hydrogen) atoms. The Balaban J connectivity index is 1.69. The Morgan fingerprint density at radius 1 is 1.10 bits per heavy atom. The first-order valence-electron chi connectivity index (χ1n) is 10.5. The normalized spacial score (nSPS) is 15.5. The number of amides is 1. The molecule has 0 aromatic heterocycles. The fourth-order valence-electron chi connectivity index (χ4n) is 3.59. The number of hydrogen-bond donors (Lipinski definition) is 1. The van der Waals surface area contributed by atoms with Gasteiger partial charge in [-0.2, -0.15) is 0 Å². The van der Waals surface area contributed by atoms with Crippen LogP contribution in [-0.2, 0) is 21.2 Å². The van der Waals surface area contributed by atoms with E-state index < -0.39 is 10.0 Å². The van der Waals surface area contributed by atoms with Crippen LogP contribution in [0.25, 0.3) is 0 Å². The number of esters is 1. The van der Waals surface area contributed by atoms with E-state index in [-0.39, 0.29) is 23.7 Å². The first kappa shape index (κ1) is 22.8. The van der Waals surface area contributed by atoms with Crippen molar-refractivity contribution in [3.63, 3.8) is 0 Å². The minimum atomic E-state index is -3.37. The number of unbranched alkanes of at least 4 members (excludes halogenated alkanes) is 1. The zero-order valence-corrected chi connectivity index (χ0v) is 18.9. The Morgan fingerprint density at radius 3 is 2.42 bits per heavy atom. The Kier molecular flexibility index (Phi) is 7.00. The predicted octanol–water partition coefficient (Wildman–Crippen LogP) is 4.00. The van der Waals surface area contributed by atoms with E-state index in [1.54, 1.807) is 49.4 Å². The molecule has 0 saturated carbocycles. The molecule has 0 fully saturated rings. The maximum atomic E-state index is 12.7. The molecule has 0 aliphatic carbocycles. The molecular weight excluding hydrogens is 416 g/mol. The Bertz CT molecular complexity index is 1060. The van der Waals surface area contributed by atoms with Crippen LogP contribution in [-0.4, -0.2) is 38.7 Å². The molecule has 0 saturated heterocycles. The van der Waals surface area contributed by atoms with Gasteiger partial charge >= 0.3 is 5.97 Å². The SMILES string of the molecule is CCCCOC(=O)c1ccc(NC(=O)c2ccc3c(c2)C[C@@H](C)N3S(=O)(=O)CC)cc1. The third-order valence-electron chi connectivity index (χ3n) is 5.27. The van der Waals surface area contributed by atoms with E-state index in [0.717, 1.165) is 18.4 Å². The standard InChI is InChI=1S/C23H28N2O5S/c1-4-6-13-30-23(27)17-7-10-20(11-8-17)24-22(26)18-9-12-21-19(15-18)14-16(3)25(21)31(28,29)5-2/h7-12,15-16H,4-6,13-14H2,1-3H3,(H,24,26)/t16-/m1/s1. The van der Waals surface area contributed by atoms with Crippen molar-refractivity contribution in [2.24, 2.45) is 0 Å². The van der Waals surface area contributed by atoms with E-state index in [2.05, 4.69) is 5.32 Å². The molecule has 2 aromatic rings. The number of hydrogen-bond acceptors (Lipinski definition) is 5. The summed E-state index contributed by atoms with van der Waals surface area (Å²) >= 11 is 0. The molecule has 166 valence electrons. The summed E-state index contributed by atoms with van der Waals surface area (Å²) in [4.78, 5) is 24.7. The van der Waals surface area contributed by atoms with Crippen LogP contribution in [0.1, 0.15) is 59.9 Å². The van der Waals surface area contributed by atoms with Gasteiger partial charge in [0.15, 0.2) is 0 Å². The summed E-state index contributed by atoms with van der Waals surface area (Å²) < 4.78 is 31.4. The summed E-state index contributed by atoms with van der Waals surface area (Å²) in [5.74, 6) is -0.655. The van der Waals surface area contributed by atoms with E-state index in [1.165, 1.54) is 4.31 Å². The van der Waals surface area contributed by atoms with Gasteiger partial charge in [0.2, 0.25) is 10.0 Å². The van der Waals surface area contributed by atoms with Gasteiger partial charge in [0.05, 0.1) is 23.6 Å². The smallest absolute Gasteiger partial charge is 0.338 e. The fraction of sp³-hybridized carbons (Fsp3) is 0.391. The van der Waals surface area contributed by atoms with E-state index in [4.69, 9.17) is 4.74 Å². The number of sulfonamides is 1. The lowest BCUT2D eigenvalue weighted by Gasteiger charge is -2.23. The molecule has 0 spiro atoms. The number of benzene rings is 2. The van der Waals surface area contributed by atoms with Gasteiger partial charge in [0.25, 0.3) is 5.91 Å². The summed E-state index contributed by atoms with van der Waals surface area (Å²) in [6.07, 6.45) is 2.33. The highest BCUT2D eigenvalue weighted by atomic mass is 32.2. The molecule has 1 amide bonds. The molecule has 7 nitrogen and oxygen atoms in total. The number of nitrogens with one attached hydrogen (secondary N) is 1. The van der Waals surface area contributed by atoms with Gasteiger partial charge in [-0.15, -0.1) is 0 Å². The number of carbonyl (C=O) groups excluding carboxylic acids is 2. The average Bonchev–Trinajstić information content (AvgIpc) is 3.10. The fourth-order valence-corrected chi connectivity index (χ4v) is 4.97. The third-order valence-corrected chi connectivity index (χ3v) is 7.15. The second kappa shape index (κ2) is 9.51. The molecule has 0 unspecified atom stereocenters. The number of ether oxygens (including phenoxy) is 1. The van der Waals surface area contributed by atoms with E-state index >= 15 is 0 Å². The number of nitrogens with zero attached hydrogens (tertiary/aromatic N) is 1. The van der Waals surface area contributed by atoms with Crippen LogP contribution in [0.15, 0.2) is 42.5 Å². The second-order valence-corrected chi connectivity index (χ2v) is 9.75. The van der Waals surface area contributed by atoms with Crippen LogP contribution in [0.2, 0.25) is 0 Å². The quantitative estimate of drug-likeness (QED) is 0.491. The molecule has 1 aliphatic heterocycles. The van der Waals surface area contributed by atoms with Gasteiger partial charge < -0.3 is 10.1 Å². The van der Waals surface area contributed by atoms with Crippen LogP contribution in [0, 0.1) is 0 Å². The zero-order valence-electron chi connectivity index (χ0n) is 18.1. The largest absolute Gasteiger partial charge is 0.462 e.